The van der Waals surface area contributed by atoms with Crippen LogP contribution in [0.1, 0.15) is 12.8 Å². The second kappa shape index (κ2) is 11.2. The Morgan fingerprint density at radius 3 is 1.69 bits per heavy atom. The summed E-state index contributed by atoms with van der Waals surface area (Å²) in [5.74, 6) is 0. The van der Waals surface area contributed by atoms with Crippen molar-refractivity contribution in [2.75, 3.05) is 26.4 Å². The first kappa shape index (κ1) is 14.7. The molecule has 6 nitrogen and oxygen atoms in total. The zero-order valence-electron chi connectivity index (χ0n) is 7.57. The number of aliphatic hydroxyl groups is 2. The van der Waals surface area contributed by atoms with Crippen LogP contribution < -0.4 is 6.15 Å². The number of rotatable bonds is 6. The van der Waals surface area contributed by atoms with Gasteiger partial charge in [0.05, 0.1) is 13.2 Å². The molecule has 0 saturated heterocycles. The van der Waals surface area contributed by atoms with Crippen molar-refractivity contribution in [3.8, 4) is 0 Å². The largest absolute Gasteiger partial charge is 0.508 e. The molecule has 6 heteroatoms. The van der Waals surface area contributed by atoms with Gasteiger partial charge >= 0.3 is 6.16 Å². The van der Waals surface area contributed by atoms with Crippen LogP contribution in [0.15, 0.2) is 0 Å². The summed E-state index contributed by atoms with van der Waals surface area (Å²) in [7, 11) is 0. The molecule has 0 aliphatic heterocycles. The molecule has 0 bridgehead atoms. The Morgan fingerprint density at radius 1 is 1.00 bits per heavy atom. The van der Waals surface area contributed by atoms with Gasteiger partial charge in [-0.05, 0) is 0 Å². The summed E-state index contributed by atoms with van der Waals surface area (Å²) in [5, 5.41) is 16.7. The molecule has 0 aliphatic rings. The van der Waals surface area contributed by atoms with Crippen molar-refractivity contribution in [2.45, 2.75) is 12.8 Å². The fourth-order valence-electron chi connectivity index (χ4n) is 0.482. The predicted octanol–water partition coefficient (Wildman–Crippen LogP) is 0.0664. The minimum absolute atomic E-state index is 0. The van der Waals surface area contributed by atoms with Gasteiger partial charge < -0.3 is 25.8 Å². The summed E-state index contributed by atoms with van der Waals surface area (Å²) in [5.41, 5.74) is 0. The quantitative estimate of drug-likeness (QED) is 0.408. The highest BCUT2D eigenvalue weighted by atomic mass is 16.7. The summed E-state index contributed by atoms with van der Waals surface area (Å²) < 4.78 is 9.05. The molecule has 0 atom stereocenters. The first-order valence-electron chi connectivity index (χ1n) is 3.82. The zero-order valence-corrected chi connectivity index (χ0v) is 7.57. The van der Waals surface area contributed by atoms with E-state index >= 15 is 0 Å². The Hall–Kier alpha value is -0.850. The number of carbonyl (C=O) groups is 1. The number of aliphatic hydroxyl groups excluding tert-OH is 2. The maximum absolute atomic E-state index is 10.6. The molecule has 0 unspecified atom stereocenters. The molecule has 0 aliphatic carbocycles. The summed E-state index contributed by atoms with van der Waals surface area (Å²) in [6, 6.07) is 0. The highest BCUT2D eigenvalue weighted by molar-refractivity contribution is 5.59. The van der Waals surface area contributed by atoms with E-state index in [1.165, 1.54) is 0 Å². The molecule has 0 aromatic heterocycles. The molecule has 0 rings (SSSR count). The lowest BCUT2D eigenvalue weighted by molar-refractivity contribution is 0.0477. The Morgan fingerprint density at radius 2 is 1.38 bits per heavy atom. The average molecular weight is 195 g/mol. The van der Waals surface area contributed by atoms with Crippen molar-refractivity contribution in [1.29, 1.82) is 0 Å². The van der Waals surface area contributed by atoms with Gasteiger partial charge in [-0.15, -0.1) is 0 Å². The van der Waals surface area contributed by atoms with Gasteiger partial charge in [-0.25, -0.2) is 4.79 Å². The lowest BCUT2D eigenvalue weighted by Crippen LogP contribution is -2.10. The number of hydrogen-bond donors (Lipinski definition) is 3. The molecule has 0 fully saturated rings. The molecule has 0 aromatic rings. The minimum Gasteiger partial charge on any atom is -0.434 e. The Bertz CT molecular complexity index is 107. The van der Waals surface area contributed by atoms with E-state index in [1.807, 2.05) is 0 Å². The Labute approximate surface area is 77.0 Å². The van der Waals surface area contributed by atoms with Gasteiger partial charge in [-0.3, -0.25) is 0 Å². The lowest BCUT2D eigenvalue weighted by atomic mass is 10.5. The minimum atomic E-state index is -0.753. The van der Waals surface area contributed by atoms with Crippen LogP contribution in [0.4, 0.5) is 4.79 Å². The number of ether oxygens (including phenoxy) is 2. The molecular weight excluding hydrogens is 178 g/mol. The standard InChI is InChI=1S/C7H14O5.H3N/c8-3-1-5-11-7(10)12-6-2-4-9;/h8-9H,1-6H2;1H3. The molecule has 0 radical (unpaired) electrons. The highest BCUT2D eigenvalue weighted by Crippen LogP contribution is 1.89. The lowest BCUT2D eigenvalue weighted by Gasteiger charge is -2.03. The van der Waals surface area contributed by atoms with Gasteiger partial charge in [0.15, 0.2) is 0 Å². The van der Waals surface area contributed by atoms with Gasteiger partial charge in [0, 0.05) is 26.1 Å². The van der Waals surface area contributed by atoms with Crippen molar-refractivity contribution >= 4 is 6.16 Å². The van der Waals surface area contributed by atoms with Gasteiger partial charge in [-0.1, -0.05) is 0 Å². The van der Waals surface area contributed by atoms with E-state index in [2.05, 4.69) is 9.47 Å². The van der Waals surface area contributed by atoms with Gasteiger partial charge in [-0.2, -0.15) is 0 Å². The molecule has 0 amide bonds. The summed E-state index contributed by atoms with van der Waals surface area (Å²) in [4.78, 5) is 10.6. The fourth-order valence-corrected chi connectivity index (χ4v) is 0.482. The first-order valence-corrected chi connectivity index (χ1v) is 3.82. The molecule has 13 heavy (non-hydrogen) atoms. The number of hydrogen-bond acceptors (Lipinski definition) is 6. The highest BCUT2D eigenvalue weighted by Gasteiger charge is 2.01. The molecule has 5 N–H and O–H groups in total. The van der Waals surface area contributed by atoms with Crippen LogP contribution in [0.2, 0.25) is 0 Å². The van der Waals surface area contributed by atoms with Crippen molar-refractivity contribution in [2.24, 2.45) is 0 Å². The van der Waals surface area contributed by atoms with Gasteiger partial charge in [0.25, 0.3) is 0 Å². The van der Waals surface area contributed by atoms with Crippen LogP contribution in [-0.4, -0.2) is 42.8 Å². The maximum Gasteiger partial charge on any atom is 0.508 e. The van der Waals surface area contributed by atoms with E-state index in [1.54, 1.807) is 0 Å². The van der Waals surface area contributed by atoms with Crippen LogP contribution in [-0.2, 0) is 9.47 Å². The molecule has 80 valence electrons. The van der Waals surface area contributed by atoms with Crippen LogP contribution in [0.25, 0.3) is 0 Å². The van der Waals surface area contributed by atoms with Crippen molar-refractivity contribution in [1.82, 2.24) is 6.15 Å². The van der Waals surface area contributed by atoms with E-state index in [4.69, 9.17) is 10.2 Å². The molecule has 0 saturated carbocycles. The third-order valence-electron chi connectivity index (χ3n) is 1.04. The van der Waals surface area contributed by atoms with E-state index < -0.39 is 6.16 Å². The maximum atomic E-state index is 10.6. The Kier molecular flexibility index (Phi) is 12.6. The van der Waals surface area contributed by atoms with Crippen molar-refractivity contribution in [3.63, 3.8) is 0 Å². The third kappa shape index (κ3) is 11.1. The summed E-state index contributed by atoms with van der Waals surface area (Å²) in [6.45, 7) is 0.302. The topological polar surface area (TPSA) is 111 Å². The third-order valence-corrected chi connectivity index (χ3v) is 1.04. The summed E-state index contributed by atoms with van der Waals surface area (Å²) in [6.07, 6.45) is 0.0707. The van der Waals surface area contributed by atoms with Crippen molar-refractivity contribution in [3.05, 3.63) is 0 Å². The van der Waals surface area contributed by atoms with E-state index in [0.717, 1.165) is 0 Å². The van der Waals surface area contributed by atoms with Crippen LogP contribution in [0.3, 0.4) is 0 Å². The first-order chi connectivity index (χ1) is 5.81. The van der Waals surface area contributed by atoms with E-state index in [9.17, 15) is 4.79 Å². The molecule has 0 aromatic carbocycles. The summed E-state index contributed by atoms with van der Waals surface area (Å²) >= 11 is 0. The average Bonchev–Trinajstić information content (AvgIpc) is 2.06. The second-order valence-corrected chi connectivity index (χ2v) is 2.10. The van der Waals surface area contributed by atoms with E-state index in [-0.39, 0.29) is 32.6 Å². The smallest absolute Gasteiger partial charge is 0.434 e. The van der Waals surface area contributed by atoms with Crippen LogP contribution in [0, 0.1) is 0 Å². The normalized spacial score (nSPS) is 8.77. The monoisotopic (exact) mass is 195 g/mol. The zero-order chi connectivity index (χ0) is 9.23. The van der Waals surface area contributed by atoms with Crippen molar-refractivity contribution < 1.29 is 24.5 Å². The SMILES string of the molecule is N.O=C(OCCCO)OCCCO. The molecular formula is C7H17NO5. The Balaban J connectivity index is 0. The van der Waals surface area contributed by atoms with E-state index in [0.29, 0.717) is 12.8 Å². The molecule has 0 spiro atoms. The van der Waals surface area contributed by atoms with Crippen LogP contribution >= 0.6 is 0 Å². The van der Waals surface area contributed by atoms with Gasteiger partial charge in [0.1, 0.15) is 0 Å². The predicted molar refractivity (Wildman–Crippen MR) is 45.7 cm³/mol. The second-order valence-electron chi connectivity index (χ2n) is 2.10. The fraction of sp³-hybridized carbons (Fsp3) is 0.857. The molecule has 0 heterocycles. The van der Waals surface area contributed by atoms with Crippen LogP contribution in [0.5, 0.6) is 0 Å². The number of carbonyl (C=O) groups excluding carboxylic acids is 1. The van der Waals surface area contributed by atoms with Gasteiger partial charge in [0.2, 0.25) is 0 Å².